The lowest BCUT2D eigenvalue weighted by molar-refractivity contribution is -0.119. The highest BCUT2D eigenvalue weighted by Gasteiger charge is 2.01. The van der Waals surface area contributed by atoms with Gasteiger partial charge < -0.3 is 11.1 Å². The molecule has 0 spiro atoms. The summed E-state index contributed by atoms with van der Waals surface area (Å²) in [5, 5.41) is 3.78. The molecule has 1 aromatic rings. The lowest BCUT2D eigenvalue weighted by Crippen LogP contribution is -2.31. The standard InChI is InChI=1S/C9H15N3OS/c1-2-7-6-12-9(14-7)3-4-11-8(13)5-10/h6H,2-5,10H2,1H3,(H,11,13). The van der Waals surface area contributed by atoms with Crippen molar-refractivity contribution in [3.05, 3.63) is 16.1 Å². The van der Waals surface area contributed by atoms with Gasteiger partial charge in [0.1, 0.15) is 0 Å². The van der Waals surface area contributed by atoms with Crippen molar-refractivity contribution in [1.82, 2.24) is 10.3 Å². The number of hydrogen-bond acceptors (Lipinski definition) is 4. The zero-order valence-electron chi connectivity index (χ0n) is 8.25. The van der Waals surface area contributed by atoms with E-state index in [1.165, 1.54) is 4.88 Å². The monoisotopic (exact) mass is 213 g/mol. The summed E-state index contributed by atoms with van der Waals surface area (Å²) in [6.07, 6.45) is 3.70. The summed E-state index contributed by atoms with van der Waals surface area (Å²) < 4.78 is 0. The fraction of sp³-hybridized carbons (Fsp3) is 0.556. The van der Waals surface area contributed by atoms with Crippen molar-refractivity contribution < 1.29 is 4.79 Å². The molecule has 0 aliphatic carbocycles. The minimum absolute atomic E-state index is 0.0536. The minimum Gasteiger partial charge on any atom is -0.355 e. The minimum atomic E-state index is -0.114. The first-order chi connectivity index (χ1) is 6.76. The lowest BCUT2D eigenvalue weighted by atomic mass is 10.4. The number of hydrogen-bond donors (Lipinski definition) is 2. The third kappa shape index (κ3) is 3.43. The summed E-state index contributed by atoms with van der Waals surface area (Å²) in [4.78, 5) is 16.3. The molecule has 0 saturated heterocycles. The molecule has 1 aromatic heterocycles. The highest BCUT2D eigenvalue weighted by molar-refractivity contribution is 7.11. The van der Waals surface area contributed by atoms with Gasteiger partial charge in [0.05, 0.1) is 11.6 Å². The van der Waals surface area contributed by atoms with Gasteiger partial charge in [-0.15, -0.1) is 11.3 Å². The Balaban J connectivity index is 2.27. The van der Waals surface area contributed by atoms with Crippen molar-refractivity contribution in [2.75, 3.05) is 13.1 Å². The Bertz CT molecular complexity index is 298. The molecule has 0 radical (unpaired) electrons. The molecule has 0 fully saturated rings. The molecule has 0 saturated carbocycles. The molecule has 5 heteroatoms. The predicted molar refractivity (Wildman–Crippen MR) is 57.3 cm³/mol. The first kappa shape index (κ1) is 11.1. The van der Waals surface area contributed by atoms with Crippen LogP contribution in [0.4, 0.5) is 0 Å². The number of aryl methyl sites for hydroxylation is 1. The van der Waals surface area contributed by atoms with Crippen LogP contribution in [0.25, 0.3) is 0 Å². The summed E-state index contributed by atoms with van der Waals surface area (Å²) in [6, 6.07) is 0. The first-order valence-electron chi connectivity index (χ1n) is 4.66. The van der Waals surface area contributed by atoms with Crippen LogP contribution in [0.2, 0.25) is 0 Å². The summed E-state index contributed by atoms with van der Waals surface area (Å²) in [5.74, 6) is -0.114. The first-order valence-corrected chi connectivity index (χ1v) is 5.48. The average molecular weight is 213 g/mol. The smallest absolute Gasteiger partial charge is 0.233 e. The van der Waals surface area contributed by atoms with E-state index < -0.39 is 0 Å². The zero-order valence-corrected chi connectivity index (χ0v) is 9.06. The summed E-state index contributed by atoms with van der Waals surface area (Å²) >= 11 is 1.70. The highest BCUT2D eigenvalue weighted by Crippen LogP contribution is 2.13. The van der Waals surface area contributed by atoms with E-state index in [2.05, 4.69) is 17.2 Å². The summed E-state index contributed by atoms with van der Waals surface area (Å²) in [7, 11) is 0. The number of carbonyl (C=O) groups excluding carboxylic acids is 1. The van der Waals surface area contributed by atoms with Crippen molar-refractivity contribution in [2.24, 2.45) is 5.73 Å². The third-order valence-corrected chi connectivity index (χ3v) is 3.00. The highest BCUT2D eigenvalue weighted by atomic mass is 32.1. The number of nitrogens with zero attached hydrogens (tertiary/aromatic N) is 1. The Labute approximate surface area is 87.5 Å². The van der Waals surface area contributed by atoms with Crippen molar-refractivity contribution >= 4 is 17.2 Å². The van der Waals surface area contributed by atoms with Crippen molar-refractivity contribution in [2.45, 2.75) is 19.8 Å². The molecule has 78 valence electrons. The van der Waals surface area contributed by atoms with Gasteiger partial charge in [-0.1, -0.05) is 6.92 Å². The fourth-order valence-electron chi connectivity index (χ4n) is 1.01. The van der Waals surface area contributed by atoms with E-state index in [0.29, 0.717) is 6.54 Å². The van der Waals surface area contributed by atoms with E-state index in [1.807, 2.05) is 6.20 Å². The zero-order chi connectivity index (χ0) is 10.4. The molecule has 14 heavy (non-hydrogen) atoms. The van der Waals surface area contributed by atoms with Crippen LogP contribution < -0.4 is 11.1 Å². The maximum absolute atomic E-state index is 10.8. The summed E-state index contributed by atoms with van der Waals surface area (Å²) in [6.45, 7) is 2.78. The second-order valence-electron chi connectivity index (χ2n) is 2.88. The number of aromatic nitrogens is 1. The number of rotatable bonds is 5. The molecule has 0 aliphatic heterocycles. The molecule has 4 nitrogen and oxygen atoms in total. The predicted octanol–water partition coefficient (Wildman–Crippen LogP) is 0.323. The Morgan fingerprint density at radius 2 is 2.50 bits per heavy atom. The molecule has 1 amide bonds. The second kappa shape index (κ2) is 5.72. The molecule has 0 aliphatic rings. The molecule has 3 N–H and O–H groups in total. The molecule has 1 rings (SSSR count). The molecule has 1 heterocycles. The number of carbonyl (C=O) groups is 1. The molecule has 0 unspecified atom stereocenters. The van der Waals surface area contributed by atoms with Gasteiger partial charge in [0.2, 0.25) is 5.91 Å². The van der Waals surface area contributed by atoms with E-state index >= 15 is 0 Å². The summed E-state index contributed by atoms with van der Waals surface area (Å²) in [5.41, 5.74) is 5.15. The van der Waals surface area contributed by atoms with E-state index in [1.54, 1.807) is 11.3 Å². The molecular weight excluding hydrogens is 198 g/mol. The van der Waals surface area contributed by atoms with Crippen LogP contribution in [0.3, 0.4) is 0 Å². The van der Waals surface area contributed by atoms with E-state index in [-0.39, 0.29) is 12.5 Å². The van der Waals surface area contributed by atoms with Crippen molar-refractivity contribution in [1.29, 1.82) is 0 Å². The normalized spacial score (nSPS) is 10.1. The quantitative estimate of drug-likeness (QED) is 0.740. The van der Waals surface area contributed by atoms with Gasteiger partial charge in [-0.05, 0) is 6.42 Å². The van der Waals surface area contributed by atoms with Crippen LogP contribution in [-0.4, -0.2) is 24.0 Å². The maximum Gasteiger partial charge on any atom is 0.233 e. The van der Waals surface area contributed by atoms with Gasteiger partial charge in [0, 0.05) is 24.0 Å². The number of nitrogens with two attached hydrogens (primary N) is 1. The maximum atomic E-state index is 10.8. The largest absolute Gasteiger partial charge is 0.355 e. The van der Waals surface area contributed by atoms with Crippen LogP contribution in [-0.2, 0) is 17.6 Å². The van der Waals surface area contributed by atoms with E-state index in [9.17, 15) is 4.79 Å². The Morgan fingerprint density at radius 3 is 3.07 bits per heavy atom. The SMILES string of the molecule is CCc1cnc(CCNC(=O)CN)s1. The Kier molecular flexibility index (Phi) is 4.55. The van der Waals surface area contributed by atoms with Crippen LogP contribution in [0.5, 0.6) is 0 Å². The Hall–Kier alpha value is -0.940. The third-order valence-electron chi connectivity index (χ3n) is 1.80. The van der Waals surface area contributed by atoms with E-state index in [4.69, 9.17) is 5.73 Å². The van der Waals surface area contributed by atoms with E-state index in [0.717, 1.165) is 17.8 Å². The average Bonchev–Trinajstić information content (AvgIpc) is 2.65. The molecule has 0 bridgehead atoms. The van der Waals surface area contributed by atoms with Crippen LogP contribution in [0.1, 0.15) is 16.8 Å². The van der Waals surface area contributed by atoms with Crippen LogP contribution >= 0.6 is 11.3 Å². The topological polar surface area (TPSA) is 68.0 Å². The Morgan fingerprint density at radius 1 is 1.71 bits per heavy atom. The van der Waals surface area contributed by atoms with Gasteiger partial charge in [-0.3, -0.25) is 4.79 Å². The van der Waals surface area contributed by atoms with Gasteiger partial charge in [0.25, 0.3) is 0 Å². The fourth-order valence-corrected chi connectivity index (χ4v) is 1.87. The number of thiazole rings is 1. The lowest BCUT2D eigenvalue weighted by Gasteiger charge is -2.00. The number of nitrogens with one attached hydrogen (secondary N) is 1. The van der Waals surface area contributed by atoms with Crippen LogP contribution in [0.15, 0.2) is 6.20 Å². The van der Waals surface area contributed by atoms with Gasteiger partial charge in [0.15, 0.2) is 0 Å². The number of amides is 1. The molecule has 0 atom stereocenters. The van der Waals surface area contributed by atoms with Gasteiger partial charge in [-0.25, -0.2) is 4.98 Å². The molecule has 0 aromatic carbocycles. The second-order valence-corrected chi connectivity index (χ2v) is 4.08. The van der Waals surface area contributed by atoms with Crippen molar-refractivity contribution in [3.8, 4) is 0 Å². The van der Waals surface area contributed by atoms with Crippen molar-refractivity contribution in [3.63, 3.8) is 0 Å². The molecular formula is C9H15N3OS. The van der Waals surface area contributed by atoms with Gasteiger partial charge >= 0.3 is 0 Å². The van der Waals surface area contributed by atoms with Crippen LogP contribution in [0, 0.1) is 0 Å². The van der Waals surface area contributed by atoms with Gasteiger partial charge in [-0.2, -0.15) is 0 Å².